The zero-order valence-electron chi connectivity index (χ0n) is 11.2. The molecule has 1 amide bonds. The summed E-state index contributed by atoms with van der Waals surface area (Å²) in [6.45, 7) is 0. The number of hydrogen-bond acceptors (Lipinski definition) is 2. The summed E-state index contributed by atoms with van der Waals surface area (Å²) in [6.07, 6.45) is -4.02. The van der Waals surface area contributed by atoms with Gasteiger partial charge >= 0.3 is 6.18 Å². The van der Waals surface area contributed by atoms with E-state index in [4.69, 9.17) is 40.5 Å². The van der Waals surface area contributed by atoms with Crippen LogP contribution in [0.25, 0.3) is 0 Å². The van der Waals surface area contributed by atoms with Gasteiger partial charge in [-0.15, -0.1) is 0 Å². The Balaban J connectivity index is 2.57. The van der Waals surface area contributed by atoms with Crippen LogP contribution < -0.4 is 5.73 Å². The summed E-state index contributed by atoms with van der Waals surface area (Å²) in [5, 5.41) is 0.113. The highest BCUT2D eigenvalue weighted by Crippen LogP contribution is 2.37. The van der Waals surface area contributed by atoms with Crippen molar-refractivity contribution in [3.63, 3.8) is 0 Å². The molecule has 2 rings (SSSR count). The van der Waals surface area contributed by atoms with Crippen molar-refractivity contribution in [2.75, 3.05) is 0 Å². The topological polar surface area (TPSA) is 56.0 Å². The van der Waals surface area contributed by atoms with E-state index in [0.29, 0.717) is 17.3 Å². The Morgan fingerprint density at radius 2 is 1.78 bits per heavy atom. The van der Waals surface area contributed by atoms with Crippen molar-refractivity contribution < 1.29 is 18.0 Å². The average Bonchev–Trinajstić information content (AvgIpc) is 2.41. The van der Waals surface area contributed by atoms with Gasteiger partial charge in [0, 0.05) is 16.2 Å². The first-order valence-electron chi connectivity index (χ1n) is 6.08. The van der Waals surface area contributed by atoms with E-state index in [1.807, 2.05) is 0 Å². The van der Waals surface area contributed by atoms with Gasteiger partial charge in [0.15, 0.2) is 0 Å². The fourth-order valence-electron chi connectivity index (χ4n) is 1.99. The Kier molecular flexibility index (Phi) is 5.08. The van der Waals surface area contributed by atoms with Crippen LogP contribution in [-0.2, 0) is 11.0 Å². The first kappa shape index (κ1) is 17.8. The van der Waals surface area contributed by atoms with Crippen LogP contribution in [0.4, 0.5) is 13.2 Å². The van der Waals surface area contributed by atoms with Gasteiger partial charge in [0.2, 0.25) is 5.91 Å². The summed E-state index contributed by atoms with van der Waals surface area (Å²) in [5.41, 5.74) is 4.45. The number of rotatable bonds is 3. The fourth-order valence-corrected chi connectivity index (χ4v) is 2.78. The second kappa shape index (κ2) is 6.55. The number of aromatic nitrogens is 1. The lowest BCUT2D eigenvalue weighted by Gasteiger charge is -2.17. The molecule has 1 atom stereocenters. The van der Waals surface area contributed by atoms with Crippen molar-refractivity contribution >= 4 is 40.7 Å². The van der Waals surface area contributed by atoms with Gasteiger partial charge in [0.05, 0.1) is 16.3 Å². The Hall–Kier alpha value is -1.50. The van der Waals surface area contributed by atoms with E-state index >= 15 is 0 Å². The van der Waals surface area contributed by atoms with E-state index in [2.05, 4.69) is 4.98 Å². The van der Waals surface area contributed by atoms with Crippen LogP contribution in [0.2, 0.25) is 15.1 Å². The number of nitrogens with zero attached hydrogens (tertiary/aromatic N) is 1. The maximum absolute atomic E-state index is 12.7. The molecule has 0 aliphatic heterocycles. The molecule has 2 N–H and O–H groups in total. The molecule has 2 aromatic rings. The van der Waals surface area contributed by atoms with Crippen molar-refractivity contribution in [2.24, 2.45) is 5.73 Å². The fraction of sp³-hybridized carbons (Fsp3) is 0.143. The van der Waals surface area contributed by atoms with Gasteiger partial charge in [-0.3, -0.25) is 9.78 Å². The van der Waals surface area contributed by atoms with E-state index < -0.39 is 23.6 Å². The minimum Gasteiger partial charge on any atom is -0.369 e. The highest BCUT2D eigenvalue weighted by molar-refractivity contribution is 6.35. The first-order chi connectivity index (χ1) is 10.6. The van der Waals surface area contributed by atoms with Gasteiger partial charge < -0.3 is 5.73 Å². The smallest absolute Gasteiger partial charge is 0.369 e. The molecule has 0 spiro atoms. The molecule has 0 aliphatic rings. The van der Waals surface area contributed by atoms with Crippen molar-refractivity contribution in [2.45, 2.75) is 12.1 Å². The maximum atomic E-state index is 12.7. The van der Waals surface area contributed by atoms with Crippen molar-refractivity contribution in [1.29, 1.82) is 0 Å². The molecule has 0 saturated carbocycles. The van der Waals surface area contributed by atoms with Crippen LogP contribution >= 0.6 is 34.8 Å². The van der Waals surface area contributed by atoms with Gasteiger partial charge in [-0.1, -0.05) is 40.9 Å². The average molecular weight is 384 g/mol. The molecular weight excluding hydrogens is 376 g/mol. The molecule has 9 heteroatoms. The number of pyridine rings is 1. The summed E-state index contributed by atoms with van der Waals surface area (Å²) in [5.74, 6) is -2.06. The number of carbonyl (C=O) groups excluding carboxylic acids is 1. The lowest BCUT2D eigenvalue weighted by atomic mass is 9.94. The summed E-state index contributed by atoms with van der Waals surface area (Å²) in [4.78, 5) is 15.4. The Morgan fingerprint density at radius 1 is 1.13 bits per heavy atom. The number of primary amides is 1. The van der Waals surface area contributed by atoms with Crippen LogP contribution in [0.15, 0.2) is 30.5 Å². The van der Waals surface area contributed by atoms with E-state index in [9.17, 15) is 18.0 Å². The number of nitrogens with two attached hydrogens (primary N) is 1. The van der Waals surface area contributed by atoms with Crippen LogP contribution in [0.1, 0.15) is 22.7 Å². The van der Waals surface area contributed by atoms with Crippen LogP contribution in [-0.4, -0.2) is 10.9 Å². The van der Waals surface area contributed by atoms with Gasteiger partial charge in [0.1, 0.15) is 5.92 Å². The van der Waals surface area contributed by atoms with Crippen molar-refractivity contribution in [1.82, 2.24) is 4.98 Å². The normalized spacial score (nSPS) is 13.0. The zero-order valence-corrected chi connectivity index (χ0v) is 13.4. The quantitative estimate of drug-likeness (QED) is 0.837. The number of carbonyl (C=O) groups is 1. The number of alkyl halides is 3. The highest BCUT2D eigenvalue weighted by atomic mass is 35.5. The predicted molar refractivity (Wildman–Crippen MR) is 81.7 cm³/mol. The van der Waals surface area contributed by atoms with Gasteiger partial charge in [-0.2, -0.15) is 13.2 Å². The molecule has 122 valence electrons. The lowest BCUT2D eigenvalue weighted by Crippen LogP contribution is -2.24. The minimum absolute atomic E-state index is 0.114. The van der Waals surface area contributed by atoms with Crippen molar-refractivity contribution in [3.8, 4) is 0 Å². The Labute approximate surface area is 144 Å². The highest BCUT2D eigenvalue weighted by Gasteiger charge is 2.33. The third kappa shape index (κ3) is 3.88. The molecule has 0 bridgehead atoms. The molecule has 0 saturated heterocycles. The monoisotopic (exact) mass is 382 g/mol. The van der Waals surface area contributed by atoms with E-state index in [1.165, 1.54) is 18.2 Å². The molecule has 0 aliphatic carbocycles. The Morgan fingerprint density at radius 3 is 2.26 bits per heavy atom. The van der Waals surface area contributed by atoms with E-state index in [0.717, 1.165) is 0 Å². The van der Waals surface area contributed by atoms with Crippen LogP contribution in [0.5, 0.6) is 0 Å². The predicted octanol–water partition coefficient (Wildman–Crippen LogP) is 4.68. The molecule has 0 radical (unpaired) electrons. The van der Waals surface area contributed by atoms with Crippen LogP contribution in [0, 0.1) is 0 Å². The van der Waals surface area contributed by atoms with E-state index in [1.54, 1.807) is 0 Å². The summed E-state index contributed by atoms with van der Waals surface area (Å²) < 4.78 is 38.0. The van der Waals surface area contributed by atoms with Gasteiger partial charge in [-0.25, -0.2) is 0 Å². The third-order valence-corrected chi connectivity index (χ3v) is 3.89. The molecule has 23 heavy (non-hydrogen) atoms. The third-order valence-electron chi connectivity index (χ3n) is 3.03. The van der Waals surface area contributed by atoms with E-state index in [-0.39, 0.29) is 21.3 Å². The lowest BCUT2D eigenvalue weighted by molar-refractivity contribution is -0.137. The molecule has 0 unspecified atom stereocenters. The Bertz CT molecular complexity index is 765. The first-order valence-corrected chi connectivity index (χ1v) is 7.21. The van der Waals surface area contributed by atoms with Crippen LogP contribution in [0.3, 0.4) is 0 Å². The minimum atomic E-state index is -4.60. The largest absolute Gasteiger partial charge is 0.417 e. The second-order valence-corrected chi connectivity index (χ2v) is 5.84. The molecule has 3 nitrogen and oxygen atoms in total. The molecule has 1 aromatic heterocycles. The standard InChI is InChI=1S/C14H8Cl3F3N2O/c15-7-1-2-8(9(16)4-7)11(13(21)23)12-10(17)3-6(5-22-12)14(18,19)20/h1-5,11H,(H2,21,23)/t11-/m0/s1. The number of amides is 1. The van der Waals surface area contributed by atoms with Gasteiger partial charge in [0.25, 0.3) is 0 Å². The van der Waals surface area contributed by atoms with Crippen molar-refractivity contribution in [3.05, 3.63) is 62.4 Å². The molecule has 1 heterocycles. The number of halogens is 6. The molecule has 1 aromatic carbocycles. The number of hydrogen-bond donors (Lipinski definition) is 1. The maximum Gasteiger partial charge on any atom is 0.417 e. The zero-order chi connectivity index (χ0) is 17.4. The molecule has 0 fully saturated rings. The molecular formula is C14H8Cl3F3N2O. The summed E-state index contributed by atoms with van der Waals surface area (Å²) >= 11 is 17.7. The summed E-state index contributed by atoms with van der Waals surface area (Å²) in [6, 6.07) is 4.97. The number of benzene rings is 1. The SMILES string of the molecule is NC(=O)[C@@H](c1ccc(Cl)cc1Cl)c1ncc(C(F)(F)F)cc1Cl. The summed E-state index contributed by atoms with van der Waals surface area (Å²) in [7, 11) is 0. The second-order valence-electron chi connectivity index (χ2n) is 4.59. The van der Waals surface area contributed by atoms with Gasteiger partial charge in [-0.05, 0) is 23.8 Å².